The molecule has 5 rings (SSSR count). The summed E-state index contributed by atoms with van der Waals surface area (Å²) in [4.78, 5) is 9.79. The van der Waals surface area contributed by atoms with E-state index in [1.165, 1.54) is 45.2 Å². The molecule has 1 atom stereocenters. The first-order chi connectivity index (χ1) is 16.6. The number of fused-ring (bicyclic) bond motifs is 1. The fourth-order valence-electron chi connectivity index (χ4n) is 3.41. The Morgan fingerprint density at radius 2 is 1.88 bits per heavy atom. The van der Waals surface area contributed by atoms with E-state index in [0.717, 1.165) is 34.8 Å². The largest absolute Gasteiger partial charge is 0.485 e. The van der Waals surface area contributed by atoms with Crippen LogP contribution in [0.4, 0.5) is 5.82 Å². The molecule has 3 aliphatic rings. The number of aromatic amines is 1. The van der Waals surface area contributed by atoms with Gasteiger partial charge < -0.3 is 30.2 Å². The normalized spacial score (nSPS) is 17.2. The van der Waals surface area contributed by atoms with Gasteiger partial charge in [0.15, 0.2) is 0 Å². The SMILES string of the molecule is C1CCC1.CCNP(COc1cccc(-c2c[nH]c3c2C(N)=NCN3)c1)OCC.CN1CCC1. The second-order valence-corrected chi connectivity index (χ2v) is 10.1. The molecule has 5 N–H and O–H groups in total. The van der Waals surface area contributed by atoms with E-state index >= 15 is 0 Å². The smallest absolute Gasteiger partial charge is 0.146 e. The van der Waals surface area contributed by atoms with Crippen LogP contribution >= 0.6 is 8.30 Å². The standard InChI is InChI=1S/C17H24N5O2P.C4H9N.C4H8/c1-3-22-25(24-4-2)11-23-13-7-5-6-12(8-13)14-9-19-17-15(14)16(18)20-10-21-17;1-5-3-2-4-5;1-2-4-3-1/h5-9,19,21-22H,3-4,10-11H2,1-2H3,(H2,18,20);2-4H2,1H3;1-4H2. The molecule has 9 heteroatoms. The van der Waals surface area contributed by atoms with Crippen molar-refractivity contribution < 1.29 is 9.26 Å². The quantitative estimate of drug-likeness (QED) is 0.393. The third-order valence-electron chi connectivity index (χ3n) is 5.83. The number of nitrogens with zero attached hydrogens (tertiary/aromatic N) is 2. The van der Waals surface area contributed by atoms with Crippen LogP contribution in [0.3, 0.4) is 0 Å². The second kappa shape index (κ2) is 14.3. The second-order valence-electron chi connectivity index (χ2n) is 8.51. The predicted molar refractivity (Wildman–Crippen MR) is 144 cm³/mol. The lowest BCUT2D eigenvalue weighted by Crippen LogP contribution is -2.32. The fourth-order valence-corrected chi connectivity index (χ4v) is 4.60. The molecule has 1 saturated carbocycles. The van der Waals surface area contributed by atoms with Gasteiger partial charge in [-0.15, -0.1) is 0 Å². The van der Waals surface area contributed by atoms with Crippen molar-refractivity contribution in [1.29, 1.82) is 0 Å². The topological polar surface area (TPSA) is 99.9 Å². The van der Waals surface area contributed by atoms with Crippen LogP contribution in [0.5, 0.6) is 5.75 Å². The highest BCUT2D eigenvalue weighted by molar-refractivity contribution is 7.50. The molecule has 1 aromatic heterocycles. The van der Waals surface area contributed by atoms with Gasteiger partial charge in [-0.1, -0.05) is 44.7 Å². The Morgan fingerprint density at radius 1 is 1.15 bits per heavy atom. The first-order valence-electron chi connectivity index (χ1n) is 12.4. The maximum Gasteiger partial charge on any atom is 0.146 e. The molecule has 1 saturated heterocycles. The average Bonchev–Trinajstić information content (AvgIpc) is 3.22. The molecule has 2 aromatic rings. The van der Waals surface area contributed by atoms with E-state index in [9.17, 15) is 0 Å². The summed E-state index contributed by atoms with van der Waals surface area (Å²) in [5.41, 5.74) is 9.01. The number of amidine groups is 1. The maximum atomic E-state index is 6.07. The minimum Gasteiger partial charge on any atom is -0.485 e. The van der Waals surface area contributed by atoms with Crippen LogP contribution in [0.2, 0.25) is 0 Å². The molecule has 1 aromatic carbocycles. The van der Waals surface area contributed by atoms with Crippen LogP contribution in [0.1, 0.15) is 51.5 Å². The van der Waals surface area contributed by atoms with Crippen LogP contribution < -0.4 is 20.9 Å². The lowest BCUT2D eigenvalue weighted by molar-refractivity contribution is 0.229. The van der Waals surface area contributed by atoms with Gasteiger partial charge in [-0.05, 0) is 57.7 Å². The third kappa shape index (κ3) is 7.98. The number of ether oxygens (including phenoxy) is 1. The number of hydrogen-bond donors (Lipinski definition) is 4. The average molecular weight is 489 g/mol. The molecule has 3 heterocycles. The van der Waals surface area contributed by atoms with Crippen LogP contribution in [-0.2, 0) is 4.52 Å². The third-order valence-corrected chi connectivity index (χ3v) is 7.44. The highest BCUT2D eigenvalue weighted by Gasteiger charge is 2.19. The van der Waals surface area contributed by atoms with Gasteiger partial charge in [-0.25, -0.2) is 4.99 Å². The van der Waals surface area contributed by atoms with Gasteiger partial charge in [0.2, 0.25) is 0 Å². The molecular formula is C25H41N6O2P. The molecule has 34 heavy (non-hydrogen) atoms. The van der Waals surface area contributed by atoms with Gasteiger partial charge in [0.1, 0.15) is 38.7 Å². The van der Waals surface area contributed by atoms with Crippen LogP contribution in [0.15, 0.2) is 35.5 Å². The summed E-state index contributed by atoms with van der Waals surface area (Å²) >= 11 is 0. The van der Waals surface area contributed by atoms with Gasteiger partial charge >= 0.3 is 0 Å². The zero-order valence-electron chi connectivity index (χ0n) is 20.9. The van der Waals surface area contributed by atoms with Crippen molar-refractivity contribution in [2.75, 3.05) is 51.6 Å². The predicted octanol–water partition coefficient (Wildman–Crippen LogP) is 4.95. The van der Waals surface area contributed by atoms with Crippen molar-refractivity contribution in [3.8, 4) is 16.9 Å². The zero-order chi connectivity index (χ0) is 24.2. The van der Waals surface area contributed by atoms with Crippen molar-refractivity contribution in [3.63, 3.8) is 0 Å². The number of H-pyrrole nitrogens is 1. The van der Waals surface area contributed by atoms with E-state index in [1.54, 1.807) is 0 Å². The van der Waals surface area contributed by atoms with Gasteiger partial charge in [-0.2, -0.15) is 0 Å². The molecule has 8 nitrogen and oxygen atoms in total. The lowest BCUT2D eigenvalue weighted by atomic mass is 10.0. The van der Waals surface area contributed by atoms with Crippen molar-refractivity contribution >= 4 is 20.0 Å². The zero-order valence-corrected chi connectivity index (χ0v) is 21.8. The van der Waals surface area contributed by atoms with E-state index in [-0.39, 0.29) is 0 Å². The number of aliphatic imine (C=N–C) groups is 1. The Bertz CT molecular complexity index is 885. The summed E-state index contributed by atoms with van der Waals surface area (Å²) in [7, 11) is 1.36. The summed E-state index contributed by atoms with van der Waals surface area (Å²) in [5, 5.41) is 6.50. The molecule has 1 unspecified atom stereocenters. The van der Waals surface area contributed by atoms with Crippen molar-refractivity contribution in [1.82, 2.24) is 15.0 Å². The molecule has 188 valence electrons. The molecular weight excluding hydrogens is 447 g/mol. The van der Waals surface area contributed by atoms with Gasteiger partial charge in [0.25, 0.3) is 0 Å². The molecule has 2 fully saturated rings. The monoisotopic (exact) mass is 488 g/mol. The Morgan fingerprint density at radius 3 is 2.47 bits per heavy atom. The van der Waals surface area contributed by atoms with Crippen LogP contribution in [-0.4, -0.2) is 62.0 Å². The van der Waals surface area contributed by atoms with E-state index in [2.05, 4.69) is 39.3 Å². The van der Waals surface area contributed by atoms with E-state index in [1.807, 2.05) is 37.4 Å². The number of rotatable bonds is 8. The molecule has 0 amide bonds. The van der Waals surface area contributed by atoms with Gasteiger partial charge in [-0.3, -0.25) is 5.09 Å². The number of aromatic nitrogens is 1. The Hall–Kier alpha value is -2.12. The number of benzene rings is 1. The maximum absolute atomic E-state index is 6.07. The number of nitrogens with one attached hydrogen (secondary N) is 3. The van der Waals surface area contributed by atoms with E-state index in [0.29, 0.717) is 25.5 Å². The minimum absolute atomic E-state index is 0.493. The van der Waals surface area contributed by atoms with Crippen LogP contribution in [0.25, 0.3) is 11.1 Å². The van der Waals surface area contributed by atoms with Crippen molar-refractivity contribution in [3.05, 3.63) is 36.0 Å². The molecule has 1 aliphatic carbocycles. The highest BCUT2D eigenvalue weighted by Crippen LogP contribution is 2.35. The first kappa shape index (κ1) is 26.5. The Balaban J connectivity index is 0.000000298. The molecule has 2 aliphatic heterocycles. The summed E-state index contributed by atoms with van der Waals surface area (Å²) < 4.78 is 11.6. The Kier molecular flexibility index (Phi) is 11.2. The summed E-state index contributed by atoms with van der Waals surface area (Å²) in [6.45, 7) is 8.71. The highest BCUT2D eigenvalue weighted by atomic mass is 31.2. The summed E-state index contributed by atoms with van der Waals surface area (Å²) in [6, 6.07) is 7.97. The minimum atomic E-state index is -0.782. The summed E-state index contributed by atoms with van der Waals surface area (Å²) in [5.74, 6) is 2.25. The molecule has 0 bridgehead atoms. The van der Waals surface area contributed by atoms with Crippen molar-refractivity contribution in [2.24, 2.45) is 10.7 Å². The van der Waals surface area contributed by atoms with Gasteiger partial charge in [0, 0.05) is 18.4 Å². The van der Waals surface area contributed by atoms with E-state index < -0.39 is 8.30 Å². The molecule has 0 spiro atoms. The van der Waals surface area contributed by atoms with Gasteiger partial charge in [0.05, 0.1) is 5.56 Å². The first-order valence-corrected chi connectivity index (χ1v) is 13.9. The molecule has 0 radical (unpaired) electrons. The lowest BCUT2D eigenvalue weighted by Gasteiger charge is -2.24. The summed E-state index contributed by atoms with van der Waals surface area (Å²) in [6.07, 6.45) is 9.86. The fraction of sp³-hybridized carbons (Fsp3) is 0.560. The van der Waals surface area contributed by atoms with E-state index in [4.69, 9.17) is 15.0 Å². The Labute approximate surface area is 205 Å². The number of hydrogen-bond acceptors (Lipinski definition) is 7. The van der Waals surface area contributed by atoms with Crippen LogP contribution in [0, 0.1) is 0 Å². The number of nitrogens with two attached hydrogens (primary N) is 1. The van der Waals surface area contributed by atoms with Crippen molar-refractivity contribution in [2.45, 2.75) is 46.0 Å². The number of likely N-dealkylation sites (tertiary alicyclic amines) is 1. The number of anilines is 1.